The topological polar surface area (TPSA) is 48.9 Å². The normalized spacial score (nSPS) is 16.7. The van der Waals surface area contributed by atoms with Crippen LogP contribution in [0.1, 0.15) is 29.7 Å². The van der Waals surface area contributed by atoms with Gasteiger partial charge in [-0.3, -0.25) is 9.89 Å². The molecule has 0 amide bonds. The molecule has 1 aliphatic rings. The van der Waals surface area contributed by atoms with Gasteiger partial charge in [0.1, 0.15) is 0 Å². The van der Waals surface area contributed by atoms with E-state index >= 15 is 0 Å². The zero-order valence-corrected chi connectivity index (χ0v) is 16.3. The maximum atomic E-state index is 5.46. The molecule has 3 rings (SSSR count). The Hall–Kier alpha value is -2.37. The predicted octanol–water partition coefficient (Wildman–Crippen LogP) is 2.95. The van der Waals surface area contributed by atoms with E-state index in [-0.39, 0.29) is 6.04 Å². The van der Waals surface area contributed by atoms with Crippen molar-refractivity contribution in [1.82, 2.24) is 15.5 Å². The van der Waals surface area contributed by atoms with Crippen LogP contribution >= 0.6 is 0 Å². The Kier molecular flexibility index (Phi) is 7.25. The molecule has 2 aromatic rings. The number of nitrogens with zero attached hydrogens (tertiary/aromatic N) is 2. The third-order valence-corrected chi connectivity index (χ3v) is 4.94. The van der Waals surface area contributed by atoms with Crippen molar-refractivity contribution in [2.24, 2.45) is 4.99 Å². The van der Waals surface area contributed by atoms with Gasteiger partial charge in [0.05, 0.1) is 19.3 Å². The van der Waals surface area contributed by atoms with Gasteiger partial charge in [0.15, 0.2) is 5.96 Å². The molecule has 27 heavy (non-hydrogen) atoms. The van der Waals surface area contributed by atoms with Gasteiger partial charge in [-0.25, -0.2) is 0 Å². The van der Waals surface area contributed by atoms with Gasteiger partial charge in [0, 0.05) is 33.2 Å². The van der Waals surface area contributed by atoms with Crippen molar-refractivity contribution in [2.75, 3.05) is 33.4 Å². The molecule has 0 saturated carbocycles. The van der Waals surface area contributed by atoms with E-state index in [0.29, 0.717) is 0 Å². The Balaban J connectivity index is 1.58. The molecule has 1 fully saturated rings. The molecular weight excluding hydrogens is 336 g/mol. The molecule has 0 aromatic heterocycles. The highest BCUT2D eigenvalue weighted by Crippen LogP contribution is 2.14. The summed E-state index contributed by atoms with van der Waals surface area (Å²) >= 11 is 0. The molecule has 1 atom stereocenters. The summed E-state index contributed by atoms with van der Waals surface area (Å²) in [5, 5.41) is 6.93. The Morgan fingerprint density at radius 2 is 1.70 bits per heavy atom. The summed E-state index contributed by atoms with van der Waals surface area (Å²) in [5.41, 5.74) is 3.91. The highest BCUT2D eigenvalue weighted by Gasteiger charge is 2.13. The summed E-state index contributed by atoms with van der Waals surface area (Å²) in [6.07, 6.45) is 0. The van der Waals surface area contributed by atoms with Crippen LogP contribution in [0.15, 0.2) is 59.6 Å². The second-order valence-electron chi connectivity index (χ2n) is 6.86. The molecule has 5 nitrogen and oxygen atoms in total. The lowest BCUT2D eigenvalue weighted by Gasteiger charge is -2.27. The third-order valence-electron chi connectivity index (χ3n) is 4.94. The summed E-state index contributed by atoms with van der Waals surface area (Å²) in [6.45, 7) is 7.52. The van der Waals surface area contributed by atoms with Crippen LogP contribution in [-0.4, -0.2) is 44.2 Å². The molecule has 1 saturated heterocycles. The first-order valence-electron chi connectivity index (χ1n) is 9.65. The number of hydrogen-bond donors (Lipinski definition) is 2. The van der Waals surface area contributed by atoms with Gasteiger partial charge in [0.2, 0.25) is 0 Å². The summed E-state index contributed by atoms with van der Waals surface area (Å²) < 4.78 is 5.46. The summed E-state index contributed by atoms with van der Waals surface area (Å²) in [4.78, 5) is 6.83. The Labute approximate surface area is 162 Å². The average molecular weight is 367 g/mol. The summed E-state index contributed by atoms with van der Waals surface area (Å²) in [6, 6.07) is 19.2. The maximum Gasteiger partial charge on any atom is 0.191 e. The zero-order chi connectivity index (χ0) is 18.9. The molecule has 1 unspecified atom stereocenters. The second kappa shape index (κ2) is 10.1. The molecule has 1 heterocycles. The van der Waals surface area contributed by atoms with Crippen LogP contribution in [0.3, 0.4) is 0 Å². The van der Waals surface area contributed by atoms with Crippen molar-refractivity contribution in [3.05, 3.63) is 71.3 Å². The van der Waals surface area contributed by atoms with Gasteiger partial charge in [-0.2, -0.15) is 0 Å². The van der Waals surface area contributed by atoms with Gasteiger partial charge in [-0.05, 0) is 23.6 Å². The lowest BCUT2D eigenvalue weighted by atomic mass is 10.1. The number of morpholine rings is 1. The fourth-order valence-corrected chi connectivity index (χ4v) is 3.29. The minimum atomic E-state index is 0.195. The molecule has 2 aromatic carbocycles. The Morgan fingerprint density at radius 3 is 2.41 bits per heavy atom. The largest absolute Gasteiger partial charge is 0.379 e. The van der Waals surface area contributed by atoms with Gasteiger partial charge in [0.25, 0.3) is 0 Å². The van der Waals surface area contributed by atoms with Crippen LogP contribution in [-0.2, 0) is 17.8 Å². The van der Waals surface area contributed by atoms with Crippen LogP contribution in [0.2, 0.25) is 0 Å². The highest BCUT2D eigenvalue weighted by atomic mass is 16.5. The number of hydrogen-bond acceptors (Lipinski definition) is 3. The van der Waals surface area contributed by atoms with Crippen molar-refractivity contribution in [3.8, 4) is 0 Å². The molecule has 2 N–H and O–H groups in total. The van der Waals surface area contributed by atoms with E-state index < -0.39 is 0 Å². The number of rotatable bonds is 6. The van der Waals surface area contributed by atoms with Crippen LogP contribution in [0.4, 0.5) is 0 Å². The zero-order valence-electron chi connectivity index (χ0n) is 16.3. The van der Waals surface area contributed by atoms with Crippen LogP contribution in [0, 0.1) is 0 Å². The fourth-order valence-electron chi connectivity index (χ4n) is 3.29. The van der Waals surface area contributed by atoms with Crippen molar-refractivity contribution < 1.29 is 4.74 Å². The lowest BCUT2D eigenvalue weighted by molar-refractivity contribution is 0.0341. The number of guanidine groups is 1. The first-order valence-corrected chi connectivity index (χ1v) is 9.65. The van der Waals surface area contributed by atoms with Gasteiger partial charge in [-0.15, -0.1) is 0 Å². The van der Waals surface area contributed by atoms with Crippen molar-refractivity contribution in [2.45, 2.75) is 26.1 Å². The van der Waals surface area contributed by atoms with Gasteiger partial charge < -0.3 is 15.4 Å². The number of benzene rings is 2. The Bertz CT molecular complexity index is 726. The third kappa shape index (κ3) is 5.81. The van der Waals surface area contributed by atoms with Crippen LogP contribution in [0.5, 0.6) is 0 Å². The molecular formula is C22H30N4O. The van der Waals surface area contributed by atoms with E-state index in [9.17, 15) is 0 Å². The summed E-state index contributed by atoms with van der Waals surface area (Å²) in [7, 11) is 1.81. The van der Waals surface area contributed by atoms with E-state index in [2.05, 4.69) is 76.0 Å². The lowest BCUT2D eigenvalue weighted by Crippen LogP contribution is -2.39. The monoisotopic (exact) mass is 366 g/mol. The van der Waals surface area contributed by atoms with Crippen molar-refractivity contribution in [3.63, 3.8) is 0 Å². The van der Waals surface area contributed by atoms with Crippen LogP contribution < -0.4 is 10.6 Å². The second-order valence-corrected chi connectivity index (χ2v) is 6.86. The minimum Gasteiger partial charge on any atom is -0.379 e. The maximum absolute atomic E-state index is 5.46. The molecule has 0 bridgehead atoms. The molecule has 144 valence electrons. The van der Waals surface area contributed by atoms with E-state index in [1.165, 1.54) is 16.7 Å². The van der Waals surface area contributed by atoms with Crippen molar-refractivity contribution in [1.29, 1.82) is 0 Å². The average Bonchev–Trinajstić information content (AvgIpc) is 2.73. The fraction of sp³-hybridized carbons (Fsp3) is 0.409. The van der Waals surface area contributed by atoms with Crippen LogP contribution in [0.25, 0.3) is 0 Å². The standard InChI is InChI=1S/C22H30N4O/c1-18(19-8-4-3-5-9-19)25-22(23-2)24-16-20-10-6-7-11-21(20)17-26-12-14-27-15-13-26/h3-11,18H,12-17H2,1-2H3,(H2,23,24,25). The molecule has 0 radical (unpaired) electrons. The minimum absolute atomic E-state index is 0.195. The van der Waals surface area contributed by atoms with Gasteiger partial charge in [-0.1, -0.05) is 54.6 Å². The molecule has 5 heteroatoms. The van der Waals surface area contributed by atoms with Gasteiger partial charge >= 0.3 is 0 Å². The van der Waals surface area contributed by atoms with E-state index in [0.717, 1.165) is 45.4 Å². The van der Waals surface area contributed by atoms with E-state index in [1.54, 1.807) is 0 Å². The smallest absolute Gasteiger partial charge is 0.191 e. The van der Waals surface area contributed by atoms with E-state index in [1.807, 2.05) is 13.1 Å². The summed E-state index contributed by atoms with van der Waals surface area (Å²) in [5.74, 6) is 0.813. The first kappa shape index (κ1) is 19.4. The molecule has 1 aliphatic heterocycles. The highest BCUT2D eigenvalue weighted by molar-refractivity contribution is 5.80. The number of ether oxygens (including phenoxy) is 1. The number of aliphatic imine (C=N–C) groups is 1. The molecule has 0 aliphatic carbocycles. The number of nitrogens with one attached hydrogen (secondary N) is 2. The Morgan fingerprint density at radius 1 is 1.04 bits per heavy atom. The predicted molar refractivity (Wildman–Crippen MR) is 111 cm³/mol. The SMILES string of the molecule is CN=C(NCc1ccccc1CN1CCOCC1)NC(C)c1ccccc1. The first-order chi connectivity index (χ1) is 13.3. The quantitative estimate of drug-likeness (QED) is 0.610. The van der Waals surface area contributed by atoms with Crippen molar-refractivity contribution >= 4 is 5.96 Å². The van der Waals surface area contributed by atoms with E-state index in [4.69, 9.17) is 4.74 Å². The molecule has 0 spiro atoms.